The second kappa shape index (κ2) is 7.59. The van der Waals surface area contributed by atoms with Crippen LogP contribution in [-0.2, 0) is 4.74 Å². The molecule has 0 radical (unpaired) electrons. The van der Waals surface area contributed by atoms with Gasteiger partial charge in [-0.1, -0.05) is 35.0 Å². The summed E-state index contributed by atoms with van der Waals surface area (Å²) in [5.74, 6) is 0.388. The minimum Gasteiger partial charge on any atom is -0.379 e. The zero-order chi connectivity index (χ0) is 16.9. The number of amides is 1. The third kappa shape index (κ3) is 4.01. The Kier molecular flexibility index (Phi) is 5.27. The van der Waals surface area contributed by atoms with E-state index >= 15 is 0 Å². The second-order valence-electron chi connectivity index (χ2n) is 6.15. The lowest BCUT2D eigenvalue weighted by Gasteiger charge is -2.32. The number of aromatic nitrogens is 1. The van der Waals surface area contributed by atoms with Crippen molar-refractivity contribution in [1.82, 2.24) is 15.4 Å². The highest BCUT2D eigenvalue weighted by Gasteiger charge is 2.19. The smallest absolute Gasteiger partial charge is 0.273 e. The van der Waals surface area contributed by atoms with Crippen molar-refractivity contribution in [2.45, 2.75) is 19.9 Å². The van der Waals surface area contributed by atoms with Crippen molar-refractivity contribution < 1.29 is 14.1 Å². The van der Waals surface area contributed by atoms with Crippen molar-refractivity contribution >= 4 is 5.91 Å². The van der Waals surface area contributed by atoms with Gasteiger partial charge in [0.15, 0.2) is 11.5 Å². The maximum atomic E-state index is 12.3. The minimum absolute atomic E-state index is 0.211. The van der Waals surface area contributed by atoms with Gasteiger partial charge < -0.3 is 14.6 Å². The van der Waals surface area contributed by atoms with Gasteiger partial charge in [0.1, 0.15) is 0 Å². The third-order valence-corrected chi connectivity index (χ3v) is 4.31. The molecule has 1 fully saturated rings. The average molecular weight is 329 g/mol. The van der Waals surface area contributed by atoms with Gasteiger partial charge in [-0.15, -0.1) is 0 Å². The Hall–Kier alpha value is -2.18. The van der Waals surface area contributed by atoms with Gasteiger partial charge in [0.25, 0.3) is 5.91 Å². The monoisotopic (exact) mass is 329 g/mol. The number of benzene rings is 1. The summed E-state index contributed by atoms with van der Waals surface area (Å²) < 4.78 is 10.6. The van der Waals surface area contributed by atoms with Crippen LogP contribution in [0.2, 0.25) is 0 Å². The van der Waals surface area contributed by atoms with E-state index in [-0.39, 0.29) is 11.9 Å². The third-order valence-electron chi connectivity index (χ3n) is 4.31. The fourth-order valence-corrected chi connectivity index (χ4v) is 2.71. The molecular formula is C18H23N3O3. The summed E-state index contributed by atoms with van der Waals surface area (Å²) in [5, 5.41) is 6.81. The summed E-state index contributed by atoms with van der Waals surface area (Å²) in [7, 11) is 0. The second-order valence-corrected chi connectivity index (χ2v) is 6.15. The molecule has 0 unspecified atom stereocenters. The number of rotatable bonds is 5. The van der Waals surface area contributed by atoms with Crippen molar-refractivity contribution in [3.8, 4) is 11.3 Å². The molecule has 24 heavy (non-hydrogen) atoms. The molecule has 128 valence electrons. The zero-order valence-corrected chi connectivity index (χ0v) is 14.1. The Morgan fingerprint density at radius 3 is 2.71 bits per heavy atom. The fraction of sp³-hybridized carbons (Fsp3) is 0.444. The fourth-order valence-electron chi connectivity index (χ4n) is 2.71. The van der Waals surface area contributed by atoms with Crippen LogP contribution in [-0.4, -0.2) is 54.9 Å². The van der Waals surface area contributed by atoms with E-state index in [0.29, 0.717) is 18.0 Å². The first-order valence-electron chi connectivity index (χ1n) is 8.27. The van der Waals surface area contributed by atoms with Gasteiger partial charge in [-0.2, -0.15) is 0 Å². The van der Waals surface area contributed by atoms with Crippen LogP contribution in [0.5, 0.6) is 0 Å². The highest BCUT2D eigenvalue weighted by molar-refractivity contribution is 5.93. The molecule has 6 nitrogen and oxygen atoms in total. The van der Waals surface area contributed by atoms with Gasteiger partial charge in [0.2, 0.25) is 0 Å². The maximum Gasteiger partial charge on any atom is 0.273 e. The number of carbonyl (C=O) groups is 1. The van der Waals surface area contributed by atoms with Crippen molar-refractivity contribution in [3.05, 3.63) is 41.6 Å². The van der Waals surface area contributed by atoms with E-state index in [1.807, 2.05) is 31.2 Å². The quantitative estimate of drug-likeness (QED) is 0.910. The van der Waals surface area contributed by atoms with Crippen molar-refractivity contribution in [2.24, 2.45) is 0 Å². The van der Waals surface area contributed by atoms with Crippen LogP contribution in [0.15, 0.2) is 34.9 Å². The topological polar surface area (TPSA) is 67.6 Å². The number of nitrogens with zero attached hydrogens (tertiary/aromatic N) is 2. The van der Waals surface area contributed by atoms with Gasteiger partial charge in [-0.05, 0) is 13.8 Å². The van der Waals surface area contributed by atoms with Crippen molar-refractivity contribution in [3.63, 3.8) is 0 Å². The summed E-state index contributed by atoms with van der Waals surface area (Å²) >= 11 is 0. The standard InChI is InChI=1S/C18H23N3O3/c1-13-3-5-15(6-4-13)17-11-16(20-24-17)18(22)19-12-14(2)21-7-9-23-10-8-21/h3-6,11,14H,7-10,12H2,1-2H3,(H,19,22)/t14-/m1/s1. The summed E-state index contributed by atoms with van der Waals surface area (Å²) in [6, 6.07) is 9.86. The van der Waals surface area contributed by atoms with E-state index in [9.17, 15) is 4.79 Å². The molecular weight excluding hydrogens is 306 g/mol. The molecule has 6 heteroatoms. The van der Waals surface area contributed by atoms with Crippen LogP contribution >= 0.6 is 0 Å². The molecule has 1 saturated heterocycles. The molecule has 1 amide bonds. The van der Waals surface area contributed by atoms with E-state index in [1.165, 1.54) is 5.56 Å². The number of hydrogen-bond donors (Lipinski definition) is 1. The maximum absolute atomic E-state index is 12.3. The van der Waals surface area contributed by atoms with Gasteiger partial charge in [-0.25, -0.2) is 0 Å². The lowest BCUT2D eigenvalue weighted by Crippen LogP contribution is -2.47. The normalized spacial score (nSPS) is 16.8. The molecule has 1 N–H and O–H groups in total. The van der Waals surface area contributed by atoms with Crippen LogP contribution in [0.3, 0.4) is 0 Å². The van der Waals surface area contributed by atoms with Crippen LogP contribution in [0.4, 0.5) is 0 Å². The summed E-state index contributed by atoms with van der Waals surface area (Å²) in [4.78, 5) is 14.6. The van der Waals surface area contributed by atoms with Gasteiger partial charge in [-0.3, -0.25) is 9.69 Å². The summed E-state index contributed by atoms with van der Waals surface area (Å²) in [5.41, 5.74) is 2.39. The molecule has 0 bridgehead atoms. The van der Waals surface area contributed by atoms with Crippen LogP contribution < -0.4 is 5.32 Å². The first-order chi connectivity index (χ1) is 11.6. The van der Waals surface area contributed by atoms with Crippen molar-refractivity contribution in [2.75, 3.05) is 32.8 Å². The van der Waals surface area contributed by atoms with Crippen LogP contribution in [0.25, 0.3) is 11.3 Å². The van der Waals surface area contributed by atoms with E-state index in [0.717, 1.165) is 31.9 Å². The molecule has 0 spiro atoms. The summed E-state index contributed by atoms with van der Waals surface area (Å²) in [6.07, 6.45) is 0. The molecule has 2 aromatic rings. The lowest BCUT2D eigenvalue weighted by atomic mass is 10.1. The molecule has 0 saturated carbocycles. The molecule has 2 heterocycles. The predicted octanol–water partition coefficient (Wildman–Crippen LogP) is 2.10. The Bertz CT molecular complexity index is 675. The molecule has 1 aliphatic rings. The van der Waals surface area contributed by atoms with Gasteiger partial charge in [0, 0.05) is 37.3 Å². The lowest BCUT2D eigenvalue weighted by molar-refractivity contribution is 0.0204. The summed E-state index contributed by atoms with van der Waals surface area (Å²) in [6.45, 7) is 8.01. The number of ether oxygens (including phenoxy) is 1. The predicted molar refractivity (Wildman–Crippen MR) is 90.9 cm³/mol. The number of aryl methyl sites for hydroxylation is 1. The molecule has 1 aromatic heterocycles. The Labute approximate surface area is 141 Å². The minimum atomic E-state index is -0.211. The molecule has 0 aliphatic carbocycles. The Morgan fingerprint density at radius 1 is 1.29 bits per heavy atom. The Balaban J connectivity index is 1.56. The van der Waals surface area contributed by atoms with Crippen LogP contribution in [0, 0.1) is 6.92 Å². The van der Waals surface area contributed by atoms with Crippen molar-refractivity contribution in [1.29, 1.82) is 0 Å². The average Bonchev–Trinajstić information content (AvgIpc) is 3.11. The molecule has 3 rings (SSSR count). The SMILES string of the molecule is Cc1ccc(-c2cc(C(=O)NC[C@@H](C)N3CCOCC3)no2)cc1. The number of morpholine rings is 1. The highest BCUT2D eigenvalue weighted by atomic mass is 16.5. The zero-order valence-electron chi connectivity index (χ0n) is 14.1. The van der Waals surface area contributed by atoms with E-state index < -0.39 is 0 Å². The van der Waals surface area contributed by atoms with E-state index in [2.05, 4.69) is 22.3 Å². The van der Waals surface area contributed by atoms with Crippen LogP contribution in [0.1, 0.15) is 23.0 Å². The highest BCUT2D eigenvalue weighted by Crippen LogP contribution is 2.20. The first kappa shape index (κ1) is 16.7. The van der Waals surface area contributed by atoms with E-state index in [4.69, 9.17) is 9.26 Å². The van der Waals surface area contributed by atoms with E-state index in [1.54, 1.807) is 6.07 Å². The number of nitrogens with one attached hydrogen (secondary N) is 1. The molecule has 1 atom stereocenters. The van der Waals surface area contributed by atoms with Gasteiger partial charge >= 0.3 is 0 Å². The van der Waals surface area contributed by atoms with Gasteiger partial charge in [0.05, 0.1) is 13.2 Å². The molecule has 1 aromatic carbocycles. The molecule has 1 aliphatic heterocycles. The number of carbonyl (C=O) groups excluding carboxylic acids is 1. The first-order valence-corrected chi connectivity index (χ1v) is 8.27. The largest absolute Gasteiger partial charge is 0.379 e. The Morgan fingerprint density at radius 2 is 2.00 bits per heavy atom. The number of hydrogen-bond acceptors (Lipinski definition) is 5.